The van der Waals surface area contributed by atoms with Crippen LogP contribution in [0.1, 0.15) is 18.2 Å². The summed E-state index contributed by atoms with van der Waals surface area (Å²) < 4.78 is 34.6. The van der Waals surface area contributed by atoms with Gasteiger partial charge in [-0.15, -0.1) is 11.3 Å². The normalized spacial score (nSPS) is 21.0. The molecule has 7 nitrogen and oxygen atoms in total. The van der Waals surface area contributed by atoms with Crippen LogP contribution in [-0.4, -0.2) is 57.9 Å². The zero-order valence-corrected chi connectivity index (χ0v) is 21.1. The minimum atomic E-state index is -1.41. The maximum atomic E-state index is 14.0. The number of ether oxygens (including phenoxy) is 1. The van der Waals surface area contributed by atoms with Crippen molar-refractivity contribution in [3.8, 4) is 23.0 Å². The molecule has 2 aliphatic rings. The topological polar surface area (TPSA) is 90.5 Å². The van der Waals surface area contributed by atoms with Gasteiger partial charge >= 0.3 is 0 Å². The molecule has 2 aromatic heterocycles. The first kappa shape index (κ1) is 24.1. The number of carbonyl (C=O) groups is 1. The van der Waals surface area contributed by atoms with E-state index in [0.717, 1.165) is 0 Å². The van der Waals surface area contributed by atoms with E-state index in [-0.39, 0.29) is 35.4 Å². The first-order valence-electron chi connectivity index (χ1n) is 10.9. The van der Waals surface area contributed by atoms with Gasteiger partial charge in [-0.2, -0.15) is 0 Å². The number of rotatable bonds is 3. The molecule has 0 bridgehead atoms. The number of halogens is 3. The molecule has 2 aliphatic heterocycles. The molecule has 4 heterocycles. The molecular formula is C24H21BrF2N4O3S. The minimum Gasteiger partial charge on any atom is -0.378 e. The highest BCUT2D eigenvalue weighted by molar-refractivity contribution is 9.10. The lowest BCUT2D eigenvalue weighted by Crippen LogP contribution is -2.60. The van der Waals surface area contributed by atoms with Gasteiger partial charge in [-0.05, 0) is 40.5 Å². The summed E-state index contributed by atoms with van der Waals surface area (Å²) in [6, 6.07) is 4.43. The van der Waals surface area contributed by atoms with E-state index in [1.807, 2.05) is 0 Å². The van der Waals surface area contributed by atoms with Gasteiger partial charge in [0.15, 0.2) is 0 Å². The quantitative estimate of drug-likeness (QED) is 0.495. The number of likely N-dealkylation sites (tertiary alicyclic amines) is 1. The Labute approximate surface area is 212 Å². The number of amides is 1. The SMILES string of the molecule is CC1(F)CN(C(=O)Cn2cnc3sc(C#CC4(N)CCOC4)c(-c4ccc(F)c(Br)c4)c3c2=O)C1. The Hall–Kier alpha value is -2.65. The molecule has 1 unspecified atom stereocenters. The molecule has 5 rings (SSSR count). The van der Waals surface area contributed by atoms with Gasteiger partial charge in [-0.1, -0.05) is 17.9 Å². The molecule has 11 heteroatoms. The lowest BCUT2D eigenvalue weighted by Gasteiger charge is -2.42. The second kappa shape index (κ2) is 8.78. The number of aromatic nitrogens is 2. The second-order valence-electron chi connectivity index (χ2n) is 9.16. The van der Waals surface area contributed by atoms with E-state index in [2.05, 4.69) is 32.8 Å². The highest BCUT2D eigenvalue weighted by Crippen LogP contribution is 2.37. The van der Waals surface area contributed by atoms with Gasteiger partial charge in [-0.3, -0.25) is 14.2 Å². The second-order valence-corrected chi connectivity index (χ2v) is 11.0. The summed E-state index contributed by atoms with van der Waals surface area (Å²) in [4.78, 5) is 32.8. The van der Waals surface area contributed by atoms with Crippen LogP contribution in [0.4, 0.5) is 8.78 Å². The molecule has 0 aliphatic carbocycles. The third kappa shape index (κ3) is 4.63. The average Bonchev–Trinajstić information content (AvgIpc) is 3.39. The zero-order valence-electron chi connectivity index (χ0n) is 18.7. The van der Waals surface area contributed by atoms with E-state index in [0.29, 0.717) is 40.5 Å². The predicted octanol–water partition coefficient (Wildman–Crippen LogP) is 3.07. The van der Waals surface area contributed by atoms with Crippen LogP contribution in [0.15, 0.2) is 33.8 Å². The Morgan fingerprint density at radius 2 is 2.17 bits per heavy atom. The van der Waals surface area contributed by atoms with Crippen LogP contribution in [0.5, 0.6) is 0 Å². The van der Waals surface area contributed by atoms with E-state index >= 15 is 0 Å². The molecule has 2 saturated heterocycles. The molecule has 2 fully saturated rings. The van der Waals surface area contributed by atoms with Crippen LogP contribution in [0.25, 0.3) is 21.3 Å². The van der Waals surface area contributed by atoms with Crippen LogP contribution in [0, 0.1) is 17.7 Å². The van der Waals surface area contributed by atoms with E-state index in [1.54, 1.807) is 12.1 Å². The number of benzene rings is 1. The van der Waals surface area contributed by atoms with Crippen molar-refractivity contribution >= 4 is 43.4 Å². The Morgan fingerprint density at radius 3 is 2.83 bits per heavy atom. The van der Waals surface area contributed by atoms with Crippen molar-refractivity contribution in [2.75, 3.05) is 26.3 Å². The van der Waals surface area contributed by atoms with Crippen LogP contribution < -0.4 is 11.3 Å². The Kier molecular flexibility index (Phi) is 6.04. The number of fused-ring (bicyclic) bond motifs is 1. The van der Waals surface area contributed by atoms with Gasteiger partial charge in [0.25, 0.3) is 5.56 Å². The van der Waals surface area contributed by atoms with Crippen molar-refractivity contribution in [3.63, 3.8) is 0 Å². The van der Waals surface area contributed by atoms with Gasteiger partial charge in [0.05, 0.1) is 40.8 Å². The largest absolute Gasteiger partial charge is 0.378 e. The van der Waals surface area contributed by atoms with Crippen molar-refractivity contribution in [1.29, 1.82) is 0 Å². The number of thiophene rings is 1. The summed E-state index contributed by atoms with van der Waals surface area (Å²) in [6.45, 7) is 1.99. The standard InChI is InChI=1S/C24H21BrF2N4O3S/c1-23(27)10-31(11-23)18(32)9-30-13-29-21-20(22(30)33)19(14-2-3-16(26)15(25)8-14)17(35-21)4-5-24(28)6-7-34-12-24/h2-3,8,13H,6-7,9-12,28H2,1H3. The molecule has 3 aromatic rings. The highest BCUT2D eigenvalue weighted by atomic mass is 79.9. The van der Waals surface area contributed by atoms with Crippen molar-refractivity contribution in [2.24, 2.45) is 5.73 Å². The molecule has 0 spiro atoms. The highest BCUT2D eigenvalue weighted by Gasteiger charge is 2.41. The van der Waals surface area contributed by atoms with E-state index in [9.17, 15) is 18.4 Å². The molecule has 35 heavy (non-hydrogen) atoms. The van der Waals surface area contributed by atoms with Gasteiger partial charge < -0.3 is 15.4 Å². The number of hydrogen-bond acceptors (Lipinski definition) is 6. The van der Waals surface area contributed by atoms with Crippen molar-refractivity contribution in [3.05, 3.63) is 50.0 Å². The summed E-state index contributed by atoms with van der Waals surface area (Å²) in [6.07, 6.45) is 1.90. The molecule has 182 valence electrons. The first-order chi connectivity index (χ1) is 16.6. The summed E-state index contributed by atoms with van der Waals surface area (Å²) in [5.41, 5.74) is 4.75. The number of nitrogens with zero attached hydrogens (tertiary/aromatic N) is 3. The third-order valence-corrected chi connectivity index (χ3v) is 7.68. The average molecular weight is 563 g/mol. The Bertz CT molecular complexity index is 1460. The molecule has 0 saturated carbocycles. The lowest BCUT2D eigenvalue weighted by molar-refractivity contribution is -0.144. The molecule has 1 atom stereocenters. The minimum absolute atomic E-state index is 0.00610. The third-order valence-electron chi connectivity index (χ3n) is 6.06. The number of carbonyl (C=O) groups excluding carboxylic acids is 1. The fourth-order valence-corrected chi connectivity index (χ4v) is 5.57. The molecule has 0 radical (unpaired) electrons. The van der Waals surface area contributed by atoms with E-state index in [1.165, 1.54) is 40.1 Å². The zero-order chi connectivity index (χ0) is 25.0. The fourth-order valence-electron chi connectivity index (χ4n) is 4.19. The van der Waals surface area contributed by atoms with Gasteiger partial charge in [0.1, 0.15) is 28.4 Å². The predicted molar refractivity (Wildman–Crippen MR) is 132 cm³/mol. The number of nitrogens with two attached hydrogens (primary N) is 1. The summed E-state index contributed by atoms with van der Waals surface area (Å²) in [5, 5.41) is 0.279. The van der Waals surface area contributed by atoms with Crippen LogP contribution in [-0.2, 0) is 16.1 Å². The molecular weight excluding hydrogens is 542 g/mol. The summed E-state index contributed by atoms with van der Waals surface area (Å²) in [5.74, 6) is 5.36. The van der Waals surface area contributed by atoms with Gasteiger partial charge in [0.2, 0.25) is 5.91 Å². The molecule has 1 aromatic carbocycles. The van der Waals surface area contributed by atoms with Crippen molar-refractivity contribution < 1.29 is 18.3 Å². The van der Waals surface area contributed by atoms with E-state index in [4.69, 9.17) is 10.5 Å². The number of hydrogen-bond donors (Lipinski definition) is 1. The smallest absolute Gasteiger partial charge is 0.263 e. The van der Waals surface area contributed by atoms with Crippen LogP contribution >= 0.6 is 27.3 Å². The lowest BCUT2D eigenvalue weighted by atomic mass is 9.99. The first-order valence-corrected chi connectivity index (χ1v) is 12.5. The Balaban J connectivity index is 1.61. The monoisotopic (exact) mass is 562 g/mol. The maximum absolute atomic E-state index is 14.0. The molecule has 2 N–H and O–H groups in total. The van der Waals surface area contributed by atoms with Crippen LogP contribution in [0.3, 0.4) is 0 Å². The number of alkyl halides is 1. The fraction of sp³-hybridized carbons (Fsp3) is 0.375. The van der Waals surface area contributed by atoms with Crippen molar-refractivity contribution in [2.45, 2.75) is 31.1 Å². The van der Waals surface area contributed by atoms with Crippen molar-refractivity contribution in [1.82, 2.24) is 14.5 Å². The summed E-state index contributed by atoms with van der Waals surface area (Å²) in [7, 11) is 0. The Morgan fingerprint density at radius 1 is 1.40 bits per heavy atom. The maximum Gasteiger partial charge on any atom is 0.263 e. The van der Waals surface area contributed by atoms with E-state index < -0.39 is 22.6 Å². The summed E-state index contributed by atoms with van der Waals surface area (Å²) >= 11 is 4.43. The van der Waals surface area contributed by atoms with Gasteiger partial charge in [-0.25, -0.2) is 13.8 Å². The van der Waals surface area contributed by atoms with Crippen LogP contribution in [0.2, 0.25) is 0 Å². The van der Waals surface area contributed by atoms with Gasteiger partial charge in [0, 0.05) is 18.6 Å². The molecule has 1 amide bonds.